The van der Waals surface area contributed by atoms with Gasteiger partial charge in [0.2, 0.25) is 59.1 Å². The third-order valence-electron chi connectivity index (χ3n) is 16.6. The average molecular weight is 1480 g/mol. The first-order valence-corrected chi connectivity index (χ1v) is 37.0. The van der Waals surface area contributed by atoms with Crippen LogP contribution in [0, 0.1) is 0 Å². The van der Waals surface area contributed by atoms with Crippen LogP contribution >= 0.6 is 0 Å². The van der Waals surface area contributed by atoms with Gasteiger partial charge in [-0.25, -0.2) is 19.2 Å². The molecule has 16 N–H and O–H groups in total. The second-order valence-electron chi connectivity index (χ2n) is 30.6. The Morgan fingerprint density at radius 3 is 0.856 bits per heavy atom. The van der Waals surface area contributed by atoms with Gasteiger partial charge < -0.3 is 104 Å². The van der Waals surface area contributed by atoms with Gasteiger partial charge in [-0.15, -0.1) is 0 Å². The standard InChI is InChI=1S/C70H124N16O18/c1-67(2,3)101-63(97)73-37-21-15-29-45-55(89)81-47(27-13-19-35-71)57(91)83-49(31-17-23-39-75-65(99)103-69(7,8)9)61(95)86-42-26-34-52(86)60(94)78-44-54(88)80-46(30-16-22-38-74-64(98)102-68(4,5)6)56(90)82-48(28-14-20-36-72)58(92)84-50(32-18-24-40-76-66(100)104-70(10,11)12)62(96)85-41-25-33-51(85)59(93)77-43-53(87)79-45/h45-52H,13-44,71-72H2,1-12H3,(H,73,97)(H,74,98)(H,75,99)(H,76,100)(H,77,93)(H,78,94)(H,79,87)(H,80,88)(H,81,89)(H,82,90)(H,83,91)(H,84,92)/t45-,46-,47-,48-,49-,50-,51-,52-/m0/s1. The number of nitrogens with zero attached hydrogens (tertiary/aromatic N) is 2. The van der Waals surface area contributed by atoms with Crippen molar-refractivity contribution in [3.05, 3.63) is 0 Å². The monoisotopic (exact) mass is 1480 g/mol. The Kier molecular flexibility index (Phi) is 39.0. The first-order valence-electron chi connectivity index (χ1n) is 37.0. The number of hydrogen-bond acceptors (Lipinski definition) is 20. The zero-order chi connectivity index (χ0) is 77.8. The van der Waals surface area contributed by atoms with Crippen LogP contribution in [0.5, 0.6) is 0 Å². The molecule has 3 saturated heterocycles. The molecule has 0 bridgehead atoms. The van der Waals surface area contributed by atoms with Crippen LogP contribution in [0.4, 0.5) is 19.2 Å². The van der Waals surface area contributed by atoms with Gasteiger partial charge in [-0.05, 0) is 237 Å². The van der Waals surface area contributed by atoms with Crippen LogP contribution in [0.15, 0.2) is 0 Å². The van der Waals surface area contributed by atoms with Crippen molar-refractivity contribution in [2.75, 3.05) is 65.4 Å². The Labute approximate surface area is 612 Å². The molecule has 0 aliphatic carbocycles. The number of fused-ring (bicyclic) bond motifs is 2. The second kappa shape index (κ2) is 45.2. The number of amides is 14. The van der Waals surface area contributed by atoms with Crippen LogP contribution in [0.25, 0.3) is 0 Å². The highest BCUT2D eigenvalue weighted by Crippen LogP contribution is 2.23. The fourth-order valence-electron chi connectivity index (χ4n) is 11.6. The molecule has 3 rings (SSSR count). The van der Waals surface area contributed by atoms with Gasteiger partial charge in [0.25, 0.3) is 0 Å². The van der Waals surface area contributed by atoms with E-state index in [2.05, 4.69) is 63.8 Å². The maximum Gasteiger partial charge on any atom is 0.407 e. The molecule has 0 aromatic carbocycles. The number of ether oxygens (including phenoxy) is 4. The molecule has 8 atom stereocenters. The number of alkyl carbamates (subject to hydrolysis) is 4. The smallest absolute Gasteiger partial charge is 0.407 e. The number of carbonyl (C=O) groups excluding carboxylic acids is 14. The first kappa shape index (κ1) is 89.9. The molecule has 3 fully saturated rings. The summed E-state index contributed by atoms with van der Waals surface area (Å²) in [6.45, 7) is 20.2. The molecule has 0 aromatic heterocycles. The lowest BCUT2D eigenvalue weighted by molar-refractivity contribution is -0.142. The van der Waals surface area contributed by atoms with E-state index in [0.717, 1.165) is 0 Å². The van der Waals surface area contributed by atoms with E-state index in [1.807, 2.05) is 0 Å². The summed E-state index contributed by atoms with van der Waals surface area (Å²) in [6, 6.07) is -10.3. The van der Waals surface area contributed by atoms with Crippen LogP contribution in [-0.4, -0.2) is 229 Å². The van der Waals surface area contributed by atoms with E-state index in [9.17, 15) is 67.1 Å². The minimum Gasteiger partial charge on any atom is -0.444 e. The molecular formula is C70H124N16O18. The van der Waals surface area contributed by atoms with Crippen molar-refractivity contribution in [2.24, 2.45) is 11.5 Å². The molecule has 0 aromatic rings. The molecular weight excluding hydrogens is 1350 g/mol. The van der Waals surface area contributed by atoms with E-state index < -0.39 is 167 Å². The number of nitrogens with one attached hydrogen (secondary N) is 12. The highest BCUT2D eigenvalue weighted by atomic mass is 16.6. The van der Waals surface area contributed by atoms with Crippen molar-refractivity contribution in [3.8, 4) is 0 Å². The summed E-state index contributed by atoms with van der Waals surface area (Å²) < 4.78 is 21.4. The third-order valence-corrected chi connectivity index (χ3v) is 16.6. The van der Waals surface area contributed by atoms with Gasteiger partial charge in [-0.2, -0.15) is 0 Å². The number of unbranched alkanes of at least 4 members (excludes halogenated alkanes) is 6. The largest absolute Gasteiger partial charge is 0.444 e. The lowest BCUT2D eigenvalue weighted by Crippen LogP contribution is -2.59. The maximum absolute atomic E-state index is 15.0. The van der Waals surface area contributed by atoms with Gasteiger partial charge in [-0.1, -0.05) is 0 Å². The molecule has 0 saturated carbocycles. The van der Waals surface area contributed by atoms with E-state index in [1.165, 1.54) is 9.80 Å². The summed E-state index contributed by atoms with van der Waals surface area (Å²) in [5.41, 5.74) is 8.67. The van der Waals surface area contributed by atoms with Gasteiger partial charge >= 0.3 is 24.4 Å². The lowest BCUT2D eigenvalue weighted by Gasteiger charge is -2.31. The van der Waals surface area contributed by atoms with E-state index in [-0.39, 0.29) is 129 Å². The summed E-state index contributed by atoms with van der Waals surface area (Å²) in [7, 11) is 0. The SMILES string of the molecule is CC(C)(C)OC(=O)NCCCC[C@@H]1NC(=O)CNC(=O)[C@@H]2CCCN2C(=O)[C@H](CCCCNC(=O)OC(C)(C)C)NC(=O)[C@H](CCCCN)NC(=O)[C@H](CCCCNC(=O)OC(C)(C)C)NC(=O)CNC(=O)[C@@H]2CCCN2C(=O)[C@H](CCCCNC(=O)OC(C)(C)C)NC(=O)[C@H](CCCCN)NC1=O. The third kappa shape index (κ3) is 36.9. The van der Waals surface area contributed by atoms with Gasteiger partial charge in [-0.3, -0.25) is 47.9 Å². The van der Waals surface area contributed by atoms with Crippen molar-refractivity contribution >= 4 is 83.4 Å². The summed E-state index contributed by atoms with van der Waals surface area (Å²) in [4.78, 5) is 198. The zero-order valence-electron chi connectivity index (χ0n) is 63.6. The Hall–Kier alpha value is -8.30. The first-order chi connectivity index (χ1) is 48.8. The zero-order valence-corrected chi connectivity index (χ0v) is 63.6. The minimum atomic E-state index is -1.35. The van der Waals surface area contributed by atoms with Gasteiger partial charge in [0.05, 0.1) is 13.1 Å². The second-order valence-corrected chi connectivity index (χ2v) is 30.6. The minimum absolute atomic E-state index is 0.0124. The van der Waals surface area contributed by atoms with Crippen LogP contribution in [0.1, 0.15) is 224 Å². The Morgan fingerprint density at radius 2 is 0.596 bits per heavy atom. The Balaban J connectivity index is 2.18. The Morgan fingerprint density at radius 1 is 0.356 bits per heavy atom. The molecule has 34 nitrogen and oxygen atoms in total. The lowest BCUT2D eigenvalue weighted by atomic mass is 10.0. The van der Waals surface area contributed by atoms with E-state index in [0.29, 0.717) is 64.2 Å². The number of hydrogen-bond donors (Lipinski definition) is 14. The van der Waals surface area contributed by atoms with Crippen LogP contribution in [-0.2, 0) is 66.9 Å². The van der Waals surface area contributed by atoms with Gasteiger partial charge in [0.1, 0.15) is 70.7 Å². The van der Waals surface area contributed by atoms with Crippen molar-refractivity contribution in [1.82, 2.24) is 73.6 Å². The number of rotatable bonds is 28. The van der Waals surface area contributed by atoms with E-state index >= 15 is 0 Å². The van der Waals surface area contributed by atoms with Crippen molar-refractivity contribution in [3.63, 3.8) is 0 Å². The molecule has 14 amide bonds. The Bertz CT molecular complexity index is 2650. The number of carbonyl (C=O) groups is 14. The highest BCUT2D eigenvalue weighted by Gasteiger charge is 2.41. The summed E-state index contributed by atoms with van der Waals surface area (Å²) in [6.07, 6.45) is 1.89. The van der Waals surface area contributed by atoms with Crippen molar-refractivity contribution < 1.29 is 86.1 Å². The molecule has 3 aliphatic heterocycles. The quantitative estimate of drug-likeness (QED) is 0.0394. The molecule has 0 radical (unpaired) electrons. The molecule has 0 unspecified atom stereocenters. The summed E-state index contributed by atoms with van der Waals surface area (Å²) in [5.74, 6) is -7.63. The molecule has 3 heterocycles. The molecule has 0 spiro atoms. The number of nitrogens with two attached hydrogens (primary N) is 2. The molecule has 3 aliphatic rings. The molecule has 34 heteroatoms. The average Bonchev–Trinajstić information content (AvgIpc) is 1.64. The summed E-state index contributed by atoms with van der Waals surface area (Å²) in [5, 5.41) is 32.5. The van der Waals surface area contributed by atoms with Crippen LogP contribution in [0.2, 0.25) is 0 Å². The molecule has 592 valence electrons. The summed E-state index contributed by atoms with van der Waals surface area (Å²) >= 11 is 0. The van der Waals surface area contributed by atoms with Gasteiger partial charge in [0, 0.05) is 39.3 Å². The van der Waals surface area contributed by atoms with Gasteiger partial charge in [0.15, 0.2) is 0 Å². The van der Waals surface area contributed by atoms with E-state index in [1.54, 1.807) is 83.1 Å². The predicted octanol–water partition coefficient (Wildman–Crippen LogP) is 2.16. The fourth-order valence-corrected chi connectivity index (χ4v) is 11.6. The van der Waals surface area contributed by atoms with Crippen molar-refractivity contribution in [2.45, 2.75) is 295 Å². The van der Waals surface area contributed by atoms with Crippen molar-refractivity contribution in [1.29, 1.82) is 0 Å². The highest BCUT2D eigenvalue weighted by molar-refractivity contribution is 5.99. The van der Waals surface area contributed by atoms with Crippen LogP contribution < -0.4 is 75.3 Å². The van der Waals surface area contributed by atoms with Crippen LogP contribution in [0.3, 0.4) is 0 Å². The normalized spacial score (nSPS) is 22.1. The molecule has 104 heavy (non-hydrogen) atoms. The predicted molar refractivity (Wildman–Crippen MR) is 385 cm³/mol. The van der Waals surface area contributed by atoms with E-state index in [4.69, 9.17) is 30.4 Å². The maximum atomic E-state index is 15.0. The fraction of sp³-hybridized carbons (Fsp3) is 0.800. The topological polar surface area (TPSA) is 479 Å².